The largest absolute Gasteiger partial charge is 0.455 e. The summed E-state index contributed by atoms with van der Waals surface area (Å²) in [5.74, 6) is -0.233. The van der Waals surface area contributed by atoms with E-state index < -0.39 is 11.7 Å². The lowest BCUT2D eigenvalue weighted by molar-refractivity contribution is -0.138. The first-order valence-corrected chi connectivity index (χ1v) is 6.54. The molecule has 2 aromatic rings. The Morgan fingerprint density at radius 2 is 1.75 bits per heavy atom. The Morgan fingerprint density at radius 3 is 2.40 bits per heavy atom. The van der Waals surface area contributed by atoms with Gasteiger partial charge in [0.25, 0.3) is 0 Å². The highest BCUT2D eigenvalue weighted by Crippen LogP contribution is 2.41. The van der Waals surface area contributed by atoms with Gasteiger partial charge in [0.05, 0.1) is 5.02 Å². The number of benzene rings is 2. The van der Waals surface area contributed by atoms with Crippen molar-refractivity contribution in [1.29, 1.82) is 0 Å². The molecule has 0 bridgehead atoms. The van der Waals surface area contributed by atoms with Crippen LogP contribution in [0.1, 0.15) is 5.56 Å². The second kappa shape index (κ2) is 5.54. The Bertz CT molecular complexity index is 646. The first-order valence-electron chi connectivity index (χ1n) is 5.37. The lowest BCUT2D eigenvalue weighted by Crippen LogP contribution is -2.08. The summed E-state index contributed by atoms with van der Waals surface area (Å²) in [7, 11) is 0. The fourth-order valence-electron chi connectivity index (χ4n) is 1.53. The monoisotopic (exact) mass is 365 g/mol. The Hall–Kier alpha value is -1.40. The molecule has 0 aliphatic rings. The van der Waals surface area contributed by atoms with Crippen LogP contribution in [0.2, 0.25) is 5.02 Å². The van der Waals surface area contributed by atoms with Crippen molar-refractivity contribution in [3.8, 4) is 11.5 Å². The molecule has 0 aliphatic carbocycles. The number of rotatable bonds is 2. The van der Waals surface area contributed by atoms with E-state index in [1.165, 1.54) is 18.2 Å². The SMILES string of the molecule is Nc1ccc(Oc2cc(Br)ccc2Cl)c(C(F)(F)F)c1. The summed E-state index contributed by atoms with van der Waals surface area (Å²) in [4.78, 5) is 0. The van der Waals surface area contributed by atoms with Crippen LogP contribution in [-0.4, -0.2) is 0 Å². The fourth-order valence-corrected chi connectivity index (χ4v) is 2.03. The molecule has 0 heterocycles. The smallest absolute Gasteiger partial charge is 0.420 e. The van der Waals surface area contributed by atoms with Gasteiger partial charge in [0.2, 0.25) is 0 Å². The summed E-state index contributed by atoms with van der Waals surface area (Å²) in [5, 5.41) is 0.207. The van der Waals surface area contributed by atoms with Gasteiger partial charge in [-0.15, -0.1) is 0 Å². The number of anilines is 1. The highest BCUT2D eigenvalue weighted by atomic mass is 79.9. The van der Waals surface area contributed by atoms with Gasteiger partial charge in [-0.1, -0.05) is 27.5 Å². The van der Waals surface area contributed by atoms with Crippen molar-refractivity contribution < 1.29 is 17.9 Å². The predicted molar refractivity (Wildman–Crippen MR) is 75.1 cm³/mol. The van der Waals surface area contributed by atoms with Crippen molar-refractivity contribution in [3.05, 3.63) is 51.5 Å². The van der Waals surface area contributed by atoms with Crippen LogP contribution in [0.3, 0.4) is 0 Å². The summed E-state index contributed by atoms with van der Waals surface area (Å²) < 4.78 is 44.7. The molecule has 20 heavy (non-hydrogen) atoms. The second-order valence-electron chi connectivity index (χ2n) is 3.93. The minimum absolute atomic E-state index is 0.00464. The average Bonchev–Trinajstić information content (AvgIpc) is 2.34. The number of hydrogen-bond acceptors (Lipinski definition) is 2. The van der Waals surface area contributed by atoms with E-state index in [0.717, 1.165) is 12.1 Å². The molecule has 2 rings (SSSR count). The number of nitrogen functional groups attached to an aromatic ring is 1. The van der Waals surface area contributed by atoms with E-state index >= 15 is 0 Å². The van der Waals surface area contributed by atoms with Gasteiger partial charge >= 0.3 is 6.18 Å². The standard InChI is InChI=1S/C13H8BrClF3NO/c14-7-1-3-10(15)12(5-7)20-11-4-2-8(19)6-9(11)13(16,17)18/h1-6H,19H2. The van der Waals surface area contributed by atoms with Crippen LogP contribution in [-0.2, 0) is 6.18 Å². The van der Waals surface area contributed by atoms with Crippen molar-refractivity contribution in [2.45, 2.75) is 6.18 Å². The zero-order chi connectivity index (χ0) is 14.9. The molecule has 2 nitrogen and oxygen atoms in total. The van der Waals surface area contributed by atoms with E-state index in [-0.39, 0.29) is 22.2 Å². The number of hydrogen-bond donors (Lipinski definition) is 1. The molecular weight excluding hydrogens is 358 g/mol. The maximum absolute atomic E-state index is 12.9. The molecule has 0 unspecified atom stereocenters. The third-order valence-corrected chi connectivity index (χ3v) is 3.23. The summed E-state index contributed by atoms with van der Waals surface area (Å²) >= 11 is 9.09. The van der Waals surface area contributed by atoms with Crippen LogP contribution in [0.15, 0.2) is 40.9 Å². The van der Waals surface area contributed by atoms with Crippen LogP contribution in [0.25, 0.3) is 0 Å². The van der Waals surface area contributed by atoms with Gasteiger partial charge in [-0.3, -0.25) is 0 Å². The molecule has 0 aromatic heterocycles. The summed E-state index contributed by atoms with van der Waals surface area (Å²) in [6.07, 6.45) is -4.57. The first kappa shape index (κ1) is 15.0. The Labute approximate surface area is 126 Å². The molecule has 0 spiro atoms. The van der Waals surface area contributed by atoms with Crippen molar-refractivity contribution in [3.63, 3.8) is 0 Å². The second-order valence-corrected chi connectivity index (χ2v) is 5.25. The van der Waals surface area contributed by atoms with Gasteiger partial charge < -0.3 is 10.5 Å². The zero-order valence-electron chi connectivity index (χ0n) is 9.84. The summed E-state index contributed by atoms with van der Waals surface area (Å²) in [6.45, 7) is 0. The molecule has 0 amide bonds. The number of alkyl halides is 3. The predicted octanol–water partition coefficient (Wildman–Crippen LogP) is 5.50. The minimum Gasteiger partial charge on any atom is -0.455 e. The summed E-state index contributed by atoms with van der Waals surface area (Å²) in [5.41, 5.74) is 4.44. The quantitative estimate of drug-likeness (QED) is 0.713. The van der Waals surface area contributed by atoms with Crippen LogP contribution >= 0.6 is 27.5 Å². The van der Waals surface area contributed by atoms with E-state index in [9.17, 15) is 13.2 Å². The molecule has 0 saturated heterocycles. The number of nitrogens with two attached hydrogens (primary N) is 1. The molecule has 0 atom stereocenters. The highest BCUT2D eigenvalue weighted by molar-refractivity contribution is 9.10. The molecule has 106 valence electrons. The van der Waals surface area contributed by atoms with Gasteiger partial charge in [-0.2, -0.15) is 13.2 Å². The normalized spacial score (nSPS) is 11.4. The van der Waals surface area contributed by atoms with Gasteiger partial charge in [-0.25, -0.2) is 0 Å². The van der Waals surface area contributed by atoms with E-state index in [2.05, 4.69) is 15.9 Å². The number of ether oxygens (including phenoxy) is 1. The third-order valence-electron chi connectivity index (χ3n) is 2.42. The van der Waals surface area contributed by atoms with E-state index in [0.29, 0.717) is 4.47 Å². The Balaban J connectivity index is 2.46. The molecule has 2 N–H and O–H groups in total. The highest BCUT2D eigenvalue weighted by Gasteiger charge is 2.35. The van der Waals surface area contributed by atoms with Crippen molar-refractivity contribution in [1.82, 2.24) is 0 Å². The van der Waals surface area contributed by atoms with Gasteiger partial charge in [-0.05, 0) is 36.4 Å². The maximum Gasteiger partial charge on any atom is 0.420 e. The van der Waals surface area contributed by atoms with Crippen LogP contribution in [0, 0.1) is 0 Å². The van der Waals surface area contributed by atoms with Gasteiger partial charge in [0.15, 0.2) is 0 Å². The molecule has 2 aromatic carbocycles. The molecule has 0 fully saturated rings. The van der Waals surface area contributed by atoms with Gasteiger partial charge in [0, 0.05) is 10.2 Å². The maximum atomic E-state index is 12.9. The fraction of sp³-hybridized carbons (Fsp3) is 0.0769. The lowest BCUT2D eigenvalue weighted by atomic mass is 10.1. The average molecular weight is 367 g/mol. The number of halogens is 5. The molecule has 7 heteroatoms. The lowest BCUT2D eigenvalue weighted by Gasteiger charge is -2.15. The Kier molecular flexibility index (Phi) is 4.15. The van der Waals surface area contributed by atoms with E-state index in [1.54, 1.807) is 6.07 Å². The van der Waals surface area contributed by atoms with Crippen molar-refractivity contribution >= 4 is 33.2 Å². The van der Waals surface area contributed by atoms with Crippen molar-refractivity contribution in [2.24, 2.45) is 0 Å². The Morgan fingerprint density at radius 1 is 1.05 bits per heavy atom. The molecule has 0 aliphatic heterocycles. The zero-order valence-corrected chi connectivity index (χ0v) is 12.2. The van der Waals surface area contributed by atoms with Crippen LogP contribution in [0.4, 0.5) is 18.9 Å². The van der Waals surface area contributed by atoms with E-state index in [1.807, 2.05) is 0 Å². The topological polar surface area (TPSA) is 35.2 Å². The van der Waals surface area contributed by atoms with E-state index in [4.69, 9.17) is 22.1 Å². The summed E-state index contributed by atoms with van der Waals surface area (Å²) in [6, 6.07) is 7.97. The van der Waals surface area contributed by atoms with Gasteiger partial charge in [0.1, 0.15) is 17.1 Å². The van der Waals surface area contributed by atoms with Crippen LogP contribution < -0.4 is 10.5 Å². The van der Waals surface area contributed by atoms with Crippen LogP contribution in [0.5, 0.6) is 11.5 Å². The molecule has 0 radical (unpaired) electrons. The molecule has 0 saturated carbocycles. The minimum atomic E-state index is -4.57. The molecular formula is C13H8BrClF3NO. The third kappa shape index (κ3) is 3.37. The van der Waals surface area contributed by atoms with Crippen molar-refractivity contribution in [2.75, 3.05) is 5.73 Å². The first-order chi connectivity index (χ1) is 9.27.